The number of amides is 3. The van der Waals surface area contributed by atoms with Crippen molar-refractivity contribution in [3.8, 4) is 0 Å². The van der Waals surface area contributed by atoms with Gasteiger partial charge in [-0.05, 0) is 0 Å². The molecule has 4 N–H and O–H groups in total. The van der Waals surface area contributed by atoms with Gasteiger partial charge in [0.05, 0.1) is 0 Å². The van der Waals surface area contributed by atoms with Crippen LogP contribution in [0.15, 0.2) is 0 Å². The lowest BCUT2D eigenvalue weighted by molar-refractivity contribution is -0.120. The molecule has 11 heavy (non-hydrogen) atoms. The molecule has 0 aromatic rings. The van der Waals surface area contributed by atoms with Gasteiger partial charge >= 0.3 is 6.03 Å². The van der Waals surface area contributed by atoms with Crippen LogP contribution in [0, 0.1) is 0 Å². The largest absolute Gasteiger partial charge is 0.354 e. The Balaban J connectivity index is 3.14. The summed E-state index contributed by atoms with van der Waals surface area (Å²) in [4.78, 5) is 20.7. The van der Waals surface area contributed by atoms with Crippen molar-refractivity contribution >= 4 is 11.9 Å². The summed E-state index contributed by atoms with van der Waals surface area (Å²) in [5.41, 5.74) is 4.78. The van der Waals surface area contributed by atoms with Crippen molar-refractivity contribution in [2.45, 2.75) is 13.3 Å². The van der Waals surface area contributed by atoms with E-state index in [2.05, 4.69) is 10.6 Å². The molecule has 64 valence electrons. The van der Waals surface area contributed by atoms with E-state index in [-0.39, 0.29) is 5.91 Å². The number of hydrogen-bond donors (Lipinski definition) is 3. The first kappa shape index (κ1) is 9.74. The van der Waals surface area contributed by atoms with Crippen LogP contribution in [0.3, 0.4) is 0 Å². The molecule has 0 unspecified atom stereocenters. The molecule has 0 saturated heterocycles. The Hall–Kier alpha value is -1.26. The molecule has 0 aromatic carbocycles. The molecule has 0 radical (unpaired) electrons. The van der Waals surface area contributed by atoms with Gasteiger partial charge in [0.2, 0.25) is 5.91 Å². The van der Waals surface area contributed by atoms with Crippen LogP contribution in [-0.4, -0.2) is 25.0 Å². The van der Waals surface area contributed by atoms with E-state index in [1.807, 2.05) is 0 Å². The monoisotopic (exact) mass is 159 g/mol. The minimum Gasteiger partial charge on any atom is -0.354 e. The number of nitrogens with two attached hydrogens (primary N) is 1. The smallest absolute Gasteiger partial charge is 0.312 e. The van der Waals surface area contributed by atoms with Crippen molar-refractivity contribution in [3.63, 3.8) is 0 Å². The van der Waals surface area contributed by atoms with E-state index in [4.69, 9.17) is 5.73 Å². The summed E-state index contributed by atoms with van der Waals surface area (Å²) in [6.07, 6.45) is 0.455. The number of urea groups is 1. The van der Waals surface area contributed by atoms with Crippen LogP contribution < -0.4 is 16.4 Å². The van der Waals surface area contributed by atoms with Gasteiger partial charge in [0.25, 0.3) is 0 Å². The zero-order valence-electron chi connectivity index (χ0n) is 6.52. The van der Waals surface area contributed by atoms with E-state index in [1.165, 1.54) is 0 Å². The summed E-state index contributed by atoms with van der Waals surface area (Å²) < 4.78 is 0. The van der Waals surface area contributed by atoms with E-state index >= 15 is 0 Å². The number of primary amides is 1. The third-order valence-corrected chi connectivity index (χ3v) is 1.07. The van der Waals surface area contributed by atoms with Crippen LogP contribution in [0.5, 0.6) is 0 Å². The van der Waals surface area contributed by atoms with Crippen molar-refractivity contribution in [1.82, 2.24) is 10.6 Å². The molecule has 0 spiro atoms. The summed E-state index contributed by atoms with van der Waals surface area (Å²) in [5.74, 6) is -0.0312. The topological polar surface area (TPSA) is 84.2 Å². The average molecular weight is 159 g/mol. The Labute approximate surface area is 65.3 Å². The standard InChI is InChI=1S/C6H13N3O2/c1-2-5(10)8-3-4-9-6(7)11/h2-4H2,1H3,(H,8,10)(H3,7,9,11). The Bertz CT molecular complexity index is 147. The van der Waals surface area contributed by atoms with Crippen molar-refractivity contribution in [2.24, 2.45) is 5.73 Å². The quantitative estimate of drug-likeness (QED) is 0.468. The van der Waals surface area contributed by atoms with Gasteiger partial charge in [0.1, 0.15) is 0 Å². The third kappa shape index (κ3) is 6.63. The molecule has 0 heterocycles. The number of hydrogen-bond acceptors (Lipinski definition) is 2. The van der Waals surface area contributed by atoms with Gasteiger partial charge < -0.3 is 16.4 Å². The summed E-state index contributed by atoms with van der Waals surface area (Å²) in [6, 6.07) is -0.573. The van der Waals surface area contributed by atoms with Gasteiger partial charge in [-0.15, -0.1) is 0 Å². The van der Waals surface area contributed by atoms with E-state index in [0.717, 1.165) is 0 Å². The second-order valence-electron chi connectivity index (χ2n) is 1.99. The minimum absolute atomic E-state index is 0.0312. The highest BCUT2D eigenvalue weighted by molar-refractivity contribution is 5.75. The average Bonchev–Trinajstić information content (AvgIpc) is 1.97. The second kappa shape index (κ2) is 5.52. The van der Waals surface area contributed by atoms with E-state index < -0.39 is 6.03 Å². The highest BCUT2D eigenvalue weighted by Gasteiger charge is 1.94. The van der Waals surface area contributed by atoms with Gasteiger partial charge in [-0.1, -0.05) is 6.92 Å². The fourth-order valence-corrected chi connectivity index (χ4v) is 0.513. The second-order valence-corrected chi connectivity index (χ2v) is 1.99. The summed E-state index contributed by atoms with van der Waals surface area (Å²) in [5, 5.41) is 4.93. The molecule has 0 saturated carbocycles. The predicted octanol–water partition coefficient (Wildman–Crippen LogP) is -0.819. The maximum Gasteiger partial charge on any atom is 0.312 e. The van der Waals surface area contributed by atoms with Gasteiger partial charge in [0, 0.05) is 19.5 Å². The zero-order chi connectivity index (χ0) is 8.69. The maximum absolute atomic E-state index is 10.6. The first-order chi connectivity index (χ1) is 5.16. The lowest BCUT2D eigenvalue weighted by Crippen LogP contribution is -2.36. The van der Waals surface area contributed by atoms with Crippen molar-refractivity contribution in [3.05, 3.63) is 0 Å². The Kier molecular flexibility index (Phi) is 4.89. The van der Waals surface area contributed by atoms with Gasteiger partial charge in [-0.25, -0.2) is 4.79 Å². The van der Waals surface area contributed by atoms with E-state index in [9.17, 15) is 9.59 Å². The van der Waals surface area contributed by atoms with Gasteiger partial charge in [0.15, 0.2) is 0 Å². The Morgan fingerprint density at radius 3 is 2.27 bits per heavy atom. The van der Waals surface area contributed by atoms with E-state index in [0.29, 0.717) is 19.5 Å². The van der Waals surface area contributed by atoms with Gasteiger partial charge in [-0.3, -0.25) is 4.79 Å². The molecule has 0 aliphatic heterocycles. The summed E-state index contributed by atoms with van der Waals surface area (Å²) in [7, 11) is 0. The molecule has 0 atom stereocenters. The van der Waals surface area contributed by atoms with Gasteiger partial charge in [-0.2, -0.15) is 0 Å². The maximum atomic E-state index is 10.6. The minimum atomic E-state index is -0.573. The lowest BCUT2D eigenvalue weighted by Gasteiger charge is -2.02. The third-order valence-electron chi connectivity index (χ3n) is 1.07. The predicted molar refractivity (Wildman–Crippen MR) is 40.9 cm³/mol. The van der Waals surface area contributed by atoms with Crippen LogP contribution in [0.25, 0.3) is 0 Å². The molecule has 0 rings (SSSR count). The molecule has 0 fully saturated rings. The van der Waals surface area contributed by atoms with Crippen LogP contribution >= 0.6 is 0 Å². The summed E-state index contributed by atoms with van der Waals surface area (Å²) in [6.45, 7) is 2.56. The Morgan fingerprint density at radius 2 is 1.82 bits per heavy atom. The molecule has 0 aliphatic carbocycles. The van der Waals surface area contributed by atoms with Crippen LogP contribution in [0.4, 0.5) is 4.79 Å². The van der Waals surface area contributed by atoms with Crippen molar-refractivity contribution in [1.29, 1.82) is 0 Å². The van der Waals surface area contributed by atoms with Crippen LogP contribution in [-0.2, 0) is 4.79 Å². The van der Waals surface area contributed by atoms with Crippen LogP contribution in [0.2, 0.25) is 0 Å². The molecule has 0 bridgehead atoms. The number of carbonyl (C=O) groups excluding carboxylic acids is 2. The number of rotatable bonds is 4. The molecule has 0 aromatic heterocycles. The fourth-order valence-electron chi connectivity index (χ4n) is 0.513. The highest BCUT2D eigenvalue weighted by Crippen LogP contribution is 1.72. The van der Waals surface area contributed by atoms with Crippen molar-refractivity contribution < 1.29 is 9.59 Å². The first-order valence-electron chi connectivity index (χ1n) is 3.46. The molecule has 3 amide bonds. The number of carbonyl (C=O) groups is 2. The lowest BCUT2D eigenvalue weighted by atomic mass is 10.4. The fraction of sp³-hybridized carbons (Fsp3) is 0.667. The molecule has 5 heteroatoms. The Morgan fingerprint density at radius 1 is 1.27 bits per heavy atom. The van der Waals surface area contributed by atoms with Crippen molar-refractivity contribution in [2.75, 3.05) is 13.1 Å². The summed E-state index contributed by atoms with van der Waals surface area (Å²) >= 11 is 0. The first-order valence-corrected chi connectivity index (χ1v) is 3.46. The molecule has 0 aliphatic rings. The van der Waals surface area contributed by atoms with Crippen LogP contribution in [0.1, 0.15) is 13.3 Å². The molecular weight excluding hydrogens is 146 g/mol. The SMILES string of the molecule is CCC(=O)NCCNC(N)=O. The normalized spacial score (nSPS) is 8.82. The number of nitrogens with one attached hydrogen (secondary N) is 2. The highest BCUT2D eigenvalue weighted by atomic mass is 16.2. The van der Waals surface area contributed by atoms with E-state index in [1.54, 1.807) is 6.92 Å². The zero-order valence-corrected chi connectivity index (χ0v) is 6.52. The molecular formula is C6H13N3O2. The molecule has 5 nitrogen and oxygen atoms in total.